The number of rotatable bonds is 4. The molecule has 1 rings (SSSR count). The fourth-order valence-corrected chi connectivity index (χ4v) is 2.81. The summed E-state index contributed by atoms with van der Waals surface area (Å²) >= 11 is 0. The molecule has 0 aliphatic heterocycles. The van der Waals surface area contributed by atoms with E-state index < -0.39 is 0 Å². The van der Waals surface area contributed by atoms with Crippen molar-refractivity contribution in [3.05, 3.63) is 0 Å². The minimum absolute atomic E-state index is 0.238. The summed E-state index contributed by atoms with van der Waals surface area (Å²) in [6.07, 6.45) is 3.98. The highest BCUT2D eigenvalue weighted by Gasteiger charge is 2.30. The van der Waals surface area contributed by atoms with Gasteiger partial charge in [-0.05, 0) is 37.5 Å². The average molecular weight is 213 g/mol. The Morgan fingerprint density at radius 3 is 2.47 bits per heavy atom. The lowest BCUT2D eigenvalue weighted by molar-refractivity contribution is 0.144. The highest BCUT2D eigenvalue weighted by atomic mass is 16.3. The Labute approximate surface area is 94.5 Å². The SMILES string of the molecule is CC(C)[C@H]1CC[C@@H](C)C[C@@H]1N[C@@H](C)CO. The highest BCUT2D eigenvalue weighted by molar-refractivity contribution is 4.86. The Morgan fingerprint density at radius 2 is 1.93 bits per heavy atom. The third-order valence-electron chi connectivity index (χ3n) is 3.79. The van der Waals surface area contributed by atoms with Crippen molar-refractivity contribution in [1.82, 2.24) is 5.32 Å². The van der Waals surface area contributed by atoms with Crippen molar-refractivity contribution in [3.8, 4) is 0 Å². The lowest BCUT2D eigenvalue weighted by Crippen LogP contribution is -2.47. The fraction of sp³-hybridized carbons (Fsp3) is 1.00. The standard InChI is InChI=1S/C13H27NO/c1-9(2)12-6-5-10(3)7-13(12)14-11(4)8-15/h9-15H,5-8H2,1-4H3/t10-,11+,12-,13+/m1/s1. The van der Waals surface area contributed by atoms with Crippen LogP contribution in [0.2, 0.25) is 0 Å². The maximum atomic E-state index is 9.09. The smallest absolute Gasteiger partial charge is 0.0582 e. The fourth-order valence-electron chi connectivity index (χ4n) is 2.81. The summed E-state index contributed by atoms with van der Waals surface area (Å²) in [6, 6.07) is 0.845. The first-order valence-electron chi connectivity index (χ1n) is 6.41. The second-order valence-corrected chi connectivity index (χ2v) is 5.68. The van der Waals surface area contributed by atoms with Gasteiger partial charge in [0, 0.05) is 12.1 Å². The predicted octanol–water partition coefficient (Wildman–Crippen LogP) is 2.42. The van der Waals surface area contributed by atoms with E-state index in [9.17, 15) is 0 Å². The second-order valence-electron chi connectivity index (χ2n) is 5.68. The molecule has 0 saturated heterocycles. The summed E-state index contributed by atoms with van der Waals surface area (Å²) in [6.45, 7) is 9.29. The van der Waals surface area contributed by atoms with E-state index in [0.717, 1.165) is 17.8 Å². The second kappa shape index (κ2) is 5.86. The number of hydrogen-bond acceptors (Lipinski definition) is 2. The van der Waals surface area contributed by atoms with Crippen LogP contribution in [0.3, 0.4) is 0 Å². The van der Waals surface area contributed by atoms with Crippen LogP contribution in [0, 0.1) is 17.8 Å². The Bertz CT molecular complexity index is 181. The van der Waals surface area contributed by atoms with E-state index in [1.165, 1.54) is 19.3 Å². The van der Waals surface area contributed by atoms with Gasteiger partial charge in [0.05, 0.1) is 6.61 Å². The Hall–Kier alpha value is -0.0800. The molecule has 90 valence electrons. The summed E-state index contributed by atoms with van der Waals surface area (Å²) in [5, 5.41) is 12.7. The van der Waals surface area contributed by atoms with Crippen LogP contribution in [-0.4, -0.2) is 23.8 Å². The largest absolute Gasteiger partial charge is 0.395 e. The van der Waals surface area contributed by atoms with E-state index in [1.807, 2.05) is 0 Å². The van der Waals surface area contributed by atoms with Crippen LogP contribution in [0.4, 0.5) is 0 Å². The molecule has 0 aromatic rings. The van der Waals surface area contributed by atoms with Gasteiger partial charge in [-0.3, -0.25) is 0 Å². The molecule has 4 atom stereocenters. The van der Waals surface area contributed by atoms with Gasteiger partial charge in [-0.25, -0.2) is 0 Å². The van der Waals surface area contributed by atoms with Crippen LogP contribution in [0.15, 0.2) is 0 Å². The van der Waals surface area contributed by atoms with Gasteiger partial charge in [-0.15, -0.1) is 0 Å². The van der Waals surface area contributed by atoms with Crippen molar-refractivity contribution < 1.29 is 5.11 Å². The summed E-state index contributed by atoms with van der Waals surface area (Å²) in [7, 11) is 0. The summed E-state index contributed by atoms with van der Waals surface area (Å²) in [4.78, 5) is 0. The molecule has 0 bridgehead atoms. The summed E-state index contributed by atoms with van der Waals surface area (Å²) in [5.74, 6) is 2.37. The zero-order chi connectivity index (χ0) is 11.4. The van der Waals surface area contributed by atoms with Crippen molar-refractivity contribution in [2.45, 2.75) is 59.0 Å². The molecule has 1 aliphatic carbocycles. The molecule has 0 amide bonds. The highest BCUT2D eigenvalue weighted by Crippen LogP contribution is 2.33. The monoisotopic (exact) mass is 213 g/mol. The maximum Gasteiger partial charge on any atom is 0.0582 e. The Morgan fingerprint density at radius 1 is 1.27 bits per heavy atom. The number of hydrogen-bond donors (Lipinski definition) is 2. The zero-order valence-corrected chi connectivity index (χ0v) is 10.7. The van der Waals surface area contributed by atoms with Gasteiger partial charge >= 0.3 is 0 Å². The van der Waals surface area contributed by atoms with Crippen LogP contribution < -0.4 is 5.32 Å². The molecular weight excluding hydrogens is 186 g/mol. The number of aliphatic hydroxyl groups is 1. The molecule has 2 nitrogen and oxygen atoms in total. The number of nitrogens with one attached hydrogen (secondary N) is 1. The van der Waals surface area contributed by atoms with Gasteiger partial charge in [0.2, 0.25) is 0 Å². The molecule has 0 unspecified atom stereocenters. The van der Waals surface area contributed by atoms with Crippen molar-refractivity contribution in [2.24, 2.45) is 17.8 Å². The van der Waals surface area contributed by atoms with Crippen LogP contribution >= 0.6 is 0 Å². The lowest BCUT2D eigenvalue weighted by atomic mass is 9.74. The quantitative estimate of drug-likeness (QED) is 0.751. The van der Waals surface area contributed by atoms with Crippen molar-refractivity contribution in [1.29, 1.82) is 0 Å². The first kappa shape index (κ1) is 13.0. The predicted molar refractivity (Wildman–Crippen MR) is 64.8 cm³/mol. The lowest BCUT2D eigenvalue weighted by Gasteiger charge is -2.39. The van der Waals surface area contributed by atoms with Gasteiger partial charge < -0.3 is 10.4 Å². The minimum atomic E-state index is 0.238. The van der Waals surface area contributed by atoms with Crippen molar-refractivity contribution in [2.75, 3.05) is 6.61 Å². The molecule has 1 saturated carbocycles. The third kappa shape index (κ3) is 3.76. The topological polar surface area (TPSA) is 32.3 Å². The van der Waals surface area contributed by atoms with Crippen LogP contribution in [0.25, 0.3) is 0 Å². The van der Waals surface area contributed by atoms with Gasteiger partial charge in [0.15, 0.2) is 0 Å². The average Bonchev–Trinajstić information content (AvgIpc) is 2.17. The number of aliphatic hydroxyl groups excluding tert-OH is 1. The molecule has 0 spiro atoms. The molecule has 15 heavy (non-hydrogen) atoms. The first-order chi connectivity index (χ1) is 7.04. The molecule has 0 aromatic carbocycles. The Kier molecular flexibility index (Phi) is 5.07. The molecular formula is C13H27NO. The van der Waals surface area contributed by atoms with Gasteiger partial charge in [0.25, 0.3) is 0 Å². The molecule has 2 N–H and O–H groups in total. The normalized spacial score (nSPS) is 34.4. The van der Waals surface area contributed by atoms with Crippen molar-refractivity contribution in [3.63, 3.8) is 0 Å². The van der Waals surface area contributed by atoms with E-state index in [1.54, 1.807) is 0 Å². The Balaban J connectivity index is 2.54. The van der Waals surface area contributed by atoms with Crippen LogP contribution in [0.1, 0.15) is 47.0 Å². The van der Waals surface area contributed by atoms with Crippen molar-refractivity contribution >= 4 is 0 Å². The summed E-state index contributed by atoms with van der Waals surface area (Å²) in [5.41, 5.74) is 0. The maximum absolute atomic E-state index is 9.09. The molecule has 1 aliphatic rings. The summed E-state index contributed by atoms with van der Waals surface area (Å²) < 4.78 is 0. The van der Waals surface area contributed by atoms with E-state index in [4.69, 9.17) is 5.11 Å². The minimum Gasteiger partial charge on any atom is -0.395 e. The van der Waals surface area contributed by atoms with Gasteiger partial charge in [-0.1, -0.05) is 27.2 Å². The molecule has 0 heterocycles. The van der Waals surface area contributed by atoms with Crippen LogP contribution in [-0.2, 0) is 0 Å². The third-order valence-corrected chi connectivity index (χ3v) is 3.79. The van der Waals surface area contributed by atoms with E-state index in [-0.39, 0.29) is 12.6 Å². The van der Waals surface area contributed by atoms with E-state index in [2.05, 4.69) is 33.0 Å². The van der Waals surface area contributed by atoms with Gasteiger partial charge in [-0.2, -0.15) is 0 Å². The zero-order valence-electron chi connectivity index (χ0n) is 10.7. The molecule has 2 heteroatoms. The van der Waals surface area contributed by atoms with Crippen LogP contribution in [0.5, 0.6) is 0 Å². The molecule has 0 radical (unpaired) electrons. The molecule has 1 fully saturated rings. The molecule has 0 aromatic heterocycles. The first-order valence-corrected chi connectivity index (χ1v) is 6.41. The van der Waals surface area contributed by atoms with E-state index >= 15 is 0 Å². The van der Waals surface area contributed by atoms with Gasteiger partial charge in [0.1, 0.15) is 0 Å². The van der Waals surface area contributed by atoms with E-state index in [0.29, 0.717) is 6.04 Å².